The van der Waals surface area contributed by atoms with Crippen molar-refractivity contribution in [2.75, 3.05) is 11.1 Å². The minimum Gasteiger partial charge on any atom is -0.325 e. The number of carbonyl (C=O) groups excluding carboxylic acids is 1. The molecule has 0 saturated carbocycles. The number of nitrogens with zero attached hydrogens (tertiary/aromatic N) is 1. The molecule has 0 aliphatic rings. The Kier molecular flexibility index (Phi) is 4.70. The van der Waals surface area contributed by atoms with Crippen LogP contribution in [0, 0.1) is 15.9 Å². The van der Waals surface area contributed by atoms with Crippen molar-refractivity contribution in [3.8, 4) is 0 Å². The lowest BCUT2D eigenvalue weighted by Crippen LogP contribution is -2.23. The first kappa shape index (κ1) is 16.6. The molecule has 0 aromatic heterocycles. The SMILES string of the molecule is O=C(CS(=O)(=O)c1ccccc1)Nc1ccc(F)c([N+](=O)[O-])c1. The van der Waals surface area contributed by atoms with Crippen molar-refractivity contribution in [1.29, 1.82) is 0 Å². The average molecular weight is 338 g/mol. The molecule has 0 heterocycles. The fourth-order valence-electron chi connectivity index (χ4n) is 1.81. The third-order valence-electron chi connectivity index (χ3n) is 2.85. The minimum absolute atomic E-state index is 0.0137. The Morgan fingerprint density at radius 3 is 2.43 bits per heavy atom. The van der Waals surface area contributed by atoms with Gasteiger partial charge < -0.3 is 5.32 Å². The van der Waals surface area contributed by atoms with Crippen LogP contribution in [0.3, 0.4) is 0 Å². The molecule has 0 bridgehead atoms. The lowest BCUT2D eigenvalue weighted by atomic mass is 10.2. The standard InChI is InChI=1S/C14H11FN2O5S/c15-12-7-6-10(8-13(12)17(19)20)16-14(18)9-23(21,22)11-4-2-1-3-5-11/h1-8H,9H2,(H,16,18). The normalized spacial score (nSPS) is 11.0. The Labute approximate surface area is 130 Å². The second kappa shape index (κ2) is 6.53. The summed E-state index contributed by atoms with van der Waals surface area (Å²) in [5.41, 5.74) is -0.875. The highest BCUT2D eigenvalue weighted by Crippen LogP contribution is 2.21. The van der Waals surface area contributed by atoms with E-state index in [1.165, 1.54) is 24.3 Å². The number of nitro benzene ring substituents is 1. The summed E-state index contributed by atoms with van der Waals surface area (Å²) < 4.78 is 37.3. The number of sulfone groups is 1. The zero-order valence-corrected chi connectivity index (χ0v) is 12.4. The van der Waals surface area contributed by atoms with Crippen molar-refractivity contribution in [3.05, 3.63) is 64.5 Å². The molecule has 23 heavy (non-hydrogen) atoms. The van der Waals surface area contributed by atoms with Crippen LogP contribution >= 0.6 is 0 Å². The van der Waals surface area contributed by atoms with E-state index in [-0.39, 0.29) is 10.6 Å². The first-order valence-corrected chi connectivity index (χ1v) is 7.96. The Morgan fingerprint density at radius 2 is 1.83 bits per heavy atom. The van der Waals surface area contributed by atoms with Gasteiger partial charge in [-0.05, 0) is 24.3 Å². The van der Waals surface area contributed by atoms with Crippen LogP contribution in [0.1, 0.15) is 0 Å². The Morgan fingerprint density at radius 1 is 1.17 bits per heavy atom. The fraction of sp³-hybridized carbons (Fsp3) is 0.0714. The van der Waals surface area contributed by atoms with Gasteiger partial charge in [0.1, 0.15) is 5.75 Å². The van der Waals surface area contributed by atoms with E-state index in [9.17, 15) is 27.7 Å². The average Bonchev–Trinajstić information content (AvgIpc) is 2.49. The molecule has 0 unspecified atom stereocenters. The van der Waals surface area contributed by atoms with Crippen LogP contribution in [-0.4, -0.2) is 25.0 Å². The zero-order valence-electron chi connectivity index (χ0n) is 11.6. The number of nitro groups is 1. The minimum atomic E-state index is -3.83. The Hall–Kier alpha value is -2.81. The molecule has 1 amide bonds. The van der Waals surface area contributed by atoms with Gasteiger partial charge in [0.2, 0.25) is 11.7 Å². The maximum atomic E-state index is 13.2. The Bertz CT molecular complexity index is 853. The summed E-state index contributed by atoms with van der Waals surface area (Å²) in [7, 11) is -3.83. The maximum Gasteiger partial charge on any atom is 0.306 e. The van der Waals surface area contributed by atoms with Gasteiger partial charge in [-0.2, -0.15) is 4.39 Å². The van der Waals surface area contributed by atoms with Crippen molar-refractivity contribution in [2.24, 2.45) is 0 Å². The molecule has 0 radical (unpaired) electrons. The second-order valence-electron chi connectivity index (χ2n) is 4.54. The highest BCUT2D eigenvalue weighted by molar-refractivity contribution is 7.92. The molecule has 0 aliphatic carbocycles. The number of anilines is 1. The predicted octanol–water partition coefficient (Wildman–Crippen LogP) is 2.15. The summed E-state index contributed by atoms with van der Waals surface area (Å²) in [4.78, 5) is 21.5. The molecular weight excluding hydrogens is 327 g/mol. The number of benzene rings is 2. The monoisotopic (exact) mass is 338 g/mol. The third-order valence-corrected chi connectivity index (χ3v) is 4.48. The van der Waals surface area contributed by atoms with Crippen LogP contribution in [0.25, 0.3) is 0 Å². The lowest BCUT2D eigenvalue weighted by Gasteiger charge is -2.06. The van der Waals surface area contributed by atoms with E-state index in [0.29, 0.717) is 0 Å². The molecule has 0 spiro atoms. The molecule has 2 aromatic rings. The van der Waals surface area contributed by atoms with Gasteiger partial charge in [-0.15, -0.1) is 0 Å². The number of rotatable bonds is 5. The number of amides is 1. The number of hydrogen-bond acceptors (Lipinski definition) is 5. The number of hydrogen-bond donors (Lipinski definition) is 1. The highest BCUT2D eigenvalue weighted by atomic mass is 32.2. The first-order valence-electron chi connectivity index (χ1n) is 6.31. The summed E-state index contributed by atoms with van der Waals surface area (Å²) in [5.74, 6) is -2.76. The van der Waals surface area contributed by atoms with Crippen molar-refractivity contribution < 1.29 is 22.5 Å². The number of nitrogens with one attached hydrogen (secondary N) is 1. The molecule has 0 fully saturated rings. The van der Waals surface area contributed by atoms with Crippen molar-refractivity contribution in [1.82, 2.24) is 0 Å². The van der Waals surface area contributed by atoms with E-state index in [0.717, 1.165) is 18.2 Å². The summed E-state index contributed by atoms with van der Waals surface area (Å²) in [6.45, 7) is 0. The van der Waals surface area contributed by atoms with Crippen LogP contribution < -0.4 is 5.32 Å². The summed E-state index contributed by atoms with van der Waals surface area (Å²) in [6, 6.07) is 10.1. The zero-order chi connectivity index (χ0) is 17.0. The van der Waals surface area contributed by atoms with E-state index in [1.54, 1.807) is 6.07 Å². The summed E-state index contributed by atoms with van der Waals surface area (Å²) in [5, 5.41) is 12.8. The largest absolute Gasteiger partial charge is 0.325 e. The molecule has 1 N–H and O–H groups in total. The molecule has 9 heteroatoms. The van der Waals surface area contributed by atoms with Crippen molar-refractivity contribution >= 4 is 27.1 Å². The van der Waals surface area contributed by atoms with Crippen LogP contribution in [-0.2, 0) is 14.6 Å². The molecule has 0 atom stereocenters. The Balaban J connectivity index is 2.14. The molecular formula is C14H11FN2O5S. The van der Waals surface area contributed by atoms with Gasteiger partial charge in [0.25, 0.3) is 0 Å². The van der Waals surface area contributed by atoms with Crippen molar-refractivity contribution in [2.45, 2.75) is 4.90 Å². The smallest absolute Gasteiger partial charge is 0.306 e. The quantitative estimate of drug-likeness (QED) is 0.664. The van der Waals surface area contributed by atoms with Crippen LogP contribution in [0.4, 0.5) is 15.8 Å². The number of halogens is 1. The van der Waals surface area contributed by atoms with Gasteiger partial charge in [-0.25, -0.2) is 8.42 Å². The van der Waals surface area contributed by atoms with E-state index < -0.39 is 37.9 Å². The van der Waals surface area contributed by atoms with Gasteiger partial charge in [0.05, 0.1) is 9.82 Å². The van der Waals surface area contributed by atoms with Crippen LogP contribution in [0.15, 0.2) is 53.4 Å². The molecule has 7 nitrogen and oxygen atoms in total. The molecule has 120 valence electrons. The summed E-state index contributed by atoms with van der Waals surface area (Å²) in [6.07, 6.45) is 0. The van der Waals surface area contributed by atoms with E-state index in [4.69, 9.17) is 0 Å². The topological polar surface area (TPSA) is 106 Å². The van der Waals surface area contributed by atoms with Gasteiger partial charge >= 0.3 is 5.69 Å². The van der Waals surface area contributed by atoms with E-state index in [2.05, 4.69) is 5.32 Å². The third kappa shape index (κ3) is 4.10. The predicted molar refractivity (Wildman–Crippen MR) is 80.2 cm³/mol. The van der Waals surface area contributed by atoms with Crippen LogP contribution in [0.5, 0.6) is 0 Å². The number of carbonyl (C=O) groups is 1. The molecule has 0 saturated heterocycles. The fourth-order valence-corrected chi connectivity index (χ4v) is 2.97. The van der Waals surface area contributed by atoms with Gasteiger partial charge in [0.15, 0.2) is 9.84 Å². The van der Waals surface area contributed by atoms with Crippen molar-refractivity contribution in [3.63, 3.8) is 0 Å². The van der Waals surface area contributed by atoms with Gasteiger partial charge in [0, 0.05) is 11.8 Å². The molecule has 2 rings (SSSR count). The summed E-state index contributed by atoms with van der Waals surface area (Å²) >= 11 is 0. The van der Waals surface area contributed by atoms with Crippen LogP contribution in [0.2, 0.25) is 0 Å². The molecule has 0 aliphatic heterocycles. The van der Waals surface area contributed by atoms with E-state index >= 15 is 0 Å². The first-order chi connectivity index (χ1) is 10.8. The van der Waals surface area contributed by atoms with E-state index in [1.807, 2.05) is 0 Å². The molecule has 2 aromatic carbocycles. The van der Waals surface area contributed by atoms with Gasteiger partial charge in [-0.1, -0.05) is 18.2 Å². The maximum absolute atomic E-state index is 13.2. The lowest BCUT2D eigenvalue weighted by molar-refractivity contribution is -0.387. The second-order valence-corrected chi connectivity index (χ2v) is 6.53. The highest BCUT2D eigenvalue weighted by Gasteiger charge is 2.20. The van der Waals surface area contributed by atoms with Gasteiger partial charge in [-0.3, -0.25) is 14.9 Å².